The predicted molar refractivity (Wildman–Crippen MR) is 89.5 cm³/mol. The van der Waals surface area contributed by atoms with Crippen molar-refractivity contribution in [3.8, 4) is 0 Å². The molecule has 0 bridgehead atoms. The molecule has 0 aliphatic rings. The average Bonchev–Trinajstić information content (AvgIpc) is 2.52. The third-order valence-corrected chi connectivity index (χ3v) is 3.59. The van der Waals surface area contributed by atoms with E-state index in [0.29, 0.717) is 0 Å². The number of amides is 2. The van der Waals surface area contributed by atoms with Crippen LogP contribution in [0.2, 0.25) is 0 Å². The van der Waals surface area contributed by atoms with Crippen molar-refractivity contribution in [3.05, 3.63) is 0 Å². The van der Waals surface area contributed by atoms with Gasteiger partial charge in [0.15, 0.2) is 11.2 Å². The van der Waals surface area contributed by atoms with Gasteiger partial charge in [0.1, 0.15) is 0 Å². The first kappa shape index (κ1) is 25.7. The Morgan fingerprint density at radius 1 is 0.586 bits per heavy atom. The van der Waals surface area contributed by atoms with Gasteiger partial charge in [-0.1, -0.05) is 0 Å². The molecule has 0 spiro atoms. The van der Waals surface area contributed by atoms with E-state index >= 15 is 0 Å². The van der Waals surface area contributed by atoms with E-state index in [0.717, 1.165) is 0 Å². The molecule has 0 aliphatic heterocycles. The lowest BCUT2D eigenvalue weighted by molar-refractivity contribution is -0.167. The maximum Gasteiger partial charge on any atom is 0.336 e. The predicted octanol–water partition coefficient (Wildman–Crippen LogP) is -3.03. The highest BCUT2D eigenvalue weighted by atomic mass is 16.4. The fourth-order valence-corrected chi connectivity index (χ4v) is 2.13. The van der Waals surface area contributed by atoms with Gasteiger partial charge in [0.25, 0.3) is 0 Å². The third kappa shape index (κ3) is 9.48. The summed E-state index contributed by atoms with van der Waals surface area (Å²) in [6.07, 6.45) is -4.32. The molecule has 0 heterocycles. The molecule has 0 saturated heterocycles. The SMILES string of the molecule is O=C(O)C[C@](O)(CC(=O)NCCCNC(=O)C[C@@](O)(CC(=O)O)C(=O)O)C(=O)O. The molecule has 0 radical (unpaired) electrons. The minimum Gasteiger partial charge on any atom is -0.481 e. The highest BCUT2D eigenvalue weighted by Crippen LogP contribution is 2.17. The zero-order valence-electron chi connectivity index (χ0n) is 15.1. The van der Waals surface area contributed by atoms with Crippen LogP contribution >= 0.6 is 0 Å². The van der Waals surface area contributed by atoms with Crippen molar-refractivity contribution in [2.45, 2.75) is 43.3 Å². The minimum atomic E-state index is -2.78. The summed E-state index contributed by atoms with van der Waals surface area (Å²) in [6, 6.07) is 0. The molecule has 0 aromatic rings. The lowest BCUT2D eigenvalue weighted by atomic mass is 9.95. The fraction of sp³-hybridized carbons (Fsp3) is 0.600. The van der Waals surface area contributed by atoms with Crippen molar-refractivity contribution in [1.29, 1.82) is 0 Å². The summed E-state index contributed by atoms with van der Waals surface area (Å²) in [5.74, 6) is -8.90. The fourth-order valence-electron chi connectivity index (χ4n) is 2.13. The number of nitrogens with one attached hydrogen (secondary N) is 2. The van der Waals surface area contributed by atoms with Crippen molar-refractivity contribution >= 4 is 35.7 Å². The maximum absolute atomic E-state index is 11.6. The molecule has 0 aromatic carbocycles. The van der Waals surface area contributed by atoms with E-state index in [2.05, 4.69) is 10.6 Å². The number of hydrogen-bond acceptors (Lipinski definition) is 8. The summed E-state index contributed by atoms with van der Waals surface area (Å²) in [7, 11) is 0. The maximum atomic E-state index is 11.6. The Balaban J connectivity index is 4.38. The summed E-state index contributed by atoms with van der Waals surface area (Å²) in [5.41, 5.74) is -5.56. The van der Waals surface area contributed by atoms with Crippen molar-refractivity contribution < 1.29 is 59.4 Å². The second-order valence-corrected chi connectivity index (χ2v) is 6.22. The highest BCUT2D eigenvalue weighted by Gasteiger charge is 2.41. The Labute approximate surface area is 163 Å². The van der Waals surface area contributed by atoms with Crippen molar-refractivity contribution in [1.82, 2.24) is 10.6 Å². The van der Waals surface area contributed by atoms with E-state index in [1.165, 1.54) is 0 Å². The lowest BCUT2D eigenvalue weighted by Gasteiger charge is -2.21. The molecule has 29 heavy (non-hydrogen) atoms. The molecule has 0 aromatic heterocycles. The molecular weight excluding hydrogens is 400 g/mol. The number of aliphatic carboxylic acids is 4. The number of carboxylic acid groups (broad SMARTS) is 4. The van der Waals surface area contributed by atoms with Crippen LogP contribution in [-0.2, 0) is 28.8 Å². The third-order valence-electron chi connectivity index (χ3n) is 3.59. The number of rotatable bonds is 14. The van der Waals surface area contributed by atoms with E-state index in [9.17, 15) is 39.0 Å². The Morgan fingerprint density at radius 2 is 0.897 bits per heavy atom. The van der Waals surface area contributed by atoms with Crippen LogP contribution in [0.3, 0.4) is 0 Å². The van der Waals surface area contributed by atoms with Crippen LogP contribution in [0.1, 0.15) is 32.1 Å². The van der Waals surface area contributed by atoms with Gasteiger partial charge in [0.2, 0.25) is 11.8 Å². The quantitative estimate of drug-likeness (QED) is 0.130. The normalized spacial score (nSPS) is 14.7. The van der Waals surface area contributed by atoms with Crippen LogP contribution in [0.15, 0.2) is 0 Å². The second kappa shape index (κ2) is 10.9. The first-order valence-corrected chi connectivity index (χ1v) is 8.10. The molecule has 0 fully saturated rings. The standard InChI is InChI=1S/C15H22N2O12/c18-8(4-14(28,12(24)25)6-10(20)21)16-2-1-3-17-9(19)5-15(29,13(26)27)7-11(22)23/h28-29H,1-7H2,(H,16,18)(H,17,19)(H,20,21)(H,22,23)(H,24,25)(H,26,27)/t14-,15-/m1/s1. The summed E-state index contributed by atoms with van der Waals surface area (Å²) in [4.78, 5) is 66.3. The van der Waals surface area contributed by atoms with Crippen LogP contribution < -0.4 is 10.6 Å². The van der Waals surface area contributed by atoms with Crippen molar-refractivity contribution in [2.75, 3.05) is 13.1 Å². The first-order chi connectivity index (χ1) is 13.2. The molecule has 2 amide bonds. The van der Waals surface area contributed by atoms with Crippen molar-refractivity contribution in [2.24, 2.45) is 0 Å². The van der Waals surface area contributed by atoms with Gasteiger partial charge >= 0.3 is 23.9 Å². The molecule has 0 saturated carbocycles. The highest BCUT2D eigenvalue weighted by molar-refractivity contribution is 5.91. The number of aliphatic hydroxyl groups is 2. The zero-order valence-corrected chi connectivity index (χ0v) is 15.1. The van der Waals surface area contributed by atoms with Gasteiger partial charge in [-0.25, -0.2) is 9.59 Å². The number of carbonyl (C=O) groups is 6. The molecule has 0 unspecified atom stereocenters. The molecule has 8 N–H and O–H groups in total. The summed E-state index contributed by atoms with van der Waals surface area (Å²) >= 11 is 0. The van der Waals surface area contributed by atoms with Gasteiger partial charge in [0, 0.05) is 13.1 Å². The van der Waals surface area contributed by atoms with Gasteiger partial charge in [-0.2, -0.15) is 0 Å². The van der Waals surface area contributed by atoms with E-state index < -0.39 is 72.6 Å². The molecule has 164 valence electrons. The van der Waals surface area contributed by atoms with E-state index in [1.54, 1.807) is 0 Å². The summed E-state index contributed by atoms with van der Waals surface area (Å²) < 4.78 is 0. The van der Waals surface area contributed by atoms with E-state index in [1.807, 2.05) is 0 Å². The molecule has 14 heteroatoms. The Kier molecular flexibility index (Phi) is 9.69. The first-order valence-electron chi connectivity index (χ1n) is 8.10. The van der Waals surface area contributed by atoms with Gasteiger partial charge in [-0.05, 0) is 6.42 Å². The second-order valence-electron chi connectivity index (χ2n) is 6.22. The zero-order chi connectivity index (χ0) is 22.8. The Bertz CT molecular complexity index is 622. The number of carboxylic acids is 4. The number of carbonyl (C=O) groups excluding carboxylic acids is 2. The average molecular weight is 422 g/mol. The molecule has 0 aliphatic carbocycles. The van der Waals surface area contributed by atoms with Gasteiger partial charge < -0.3 is 41.3 Å². The van der Waals surface area contributed by atoms with E-state index in [4.69, 9.17) is 20.4 Å². The molecule has 0 rings (SSSR count). The Morgan fingerprint density at radius 3 is 1.14 bits per heavy atom. The van der Waals surface area contributed by atoms with Crippen LogP contribution in [0.5, 0.6) is 0 Å². The van der Waals surface area contributed by atoms with E-state index in [-0.39, 0.29) is 19.5 Å². The summed E-state index contributed by atoms with van der Waals surface area (Å²) in [6.45, 7) is -0.222. The van der Waals surface area contributed by atoms with Crippen LogP contribution in [0.25, 0.3) is 0 Å². The minimum absolute atomic E-state index is 0.0757. The number of hydrogen-bond donors (Lipinski definition) is 8. The Hall–Kier alpha value is -3.26. The van der Waals surface area contributed by atoms with Gasteiger partial charge in [-0.15, -0.1) is 0 Å². The van der Waals surface area contributed by atoms with Crippen molar-refractivity contribution in [3.63, 3.8) is 0 Å². The molecule has 14 nitrogen and oxygen atoms in total. The topological polar surface area (TPSA) is 248 Å². The lowest BCUT2D eigenvalue weighted by Crippen LogP contribution is -2.46. The van der Waals surface area contributed by atoms with Crippen LogP contribution in [-0.4, -0.2) is 90.6 Å². The van der Waals surface area contributed by atoms with Crippen LogP contribution in [0, 0.1) is 0 Å². The van der Waals surface area contributed by atoms with Crippen LogP contribution in [0.4, 0.5) is 0 Å². The van der Waals surface area contributed by atoms with Gasteiger partial charge in [-0.3, -0.25) is 19.2 Å². The molecule has 2 atom stereocenters. The van der Waals surface area contributed by atoms with Gasteiger partial charge in [0.05, 0.1) is 25.7 Å². The molecular formula is C15H22N2O12. The largest absolute Gasteiger partial charge is 0.481 e. The summed E-state index contributed by atoms with van der Waals surface area (Å²) in [5, 5.41) is 58.7. The smallest absolute Gasteiger partial charge is 0.336 e. The monoisotopic (exact) mass is 422 g/mol.